The Bertz CT molecular complexity index is 701. The van der Waals surface area contributed by atoms with Gasteiger partial charge in [-0.1, -0.05) is 55.5 Å². The Morgan fingerprint density at radius 2 is 1.95 bits per heavy atom. The number of aromatic nitrogens is 4. The molecule has 6 heteroatoms. The first-order valence-corrected chi connectivity index (χ1v) is 7.50. The van der Waals surface area contributed by atoms with Gasteiger partial charge in [-0.25, -0.2) is 0 Å². The molecule has 1 aromatic carbocycles. The summed E-state index contributed by atoms with van der Waals surface area (Å²) in [5, 5.41) is 14.1. The highest BCUT2D eigenvalue weighted by Gasteiger charge is 2.21. The van der Waals surface area contributed by atoms with Gasteiger partial charge in [0, 0.05) is 18.0 Å². The molecule has 1 atom stereocenters. The number of benzene rings is 1. The van der Waals surface area contributed by atoms with Crippen molar-refractivity contribution >= 4 is 16.3 Å². The van der Waals surface area contributed by atoms with Crippen LogP contribution in [0.25, 0.3) is 16.3 Å². The van der Waals surface area contributed by atoms with Gasteiger partial charge in [0.15, 0.2) is 5.82 Å². The van der Waals surface area contributed by atoms with E-state index in [1.54, 1.807) is 11.3 Å². The van der Waals surface area contributed by atoms with Crippen LogP contribution in [0.2, 0.25) is 0 Å². The van der Waals surface area contributed by atoms with Crippen molar-refractivity contribution in [1.29, 1.82) is 0 Å². The van der Waals surface area contributed by atoms with Crippen LogP contribution in [-0.4, -0.2) is 26.4 Å². The maximum atomic E-state index is 5.87. The summed E-state index contributed by atoms with van der Waals surface area (Å²) in [6.45, 7) is 4.93. The minimum atomic E-state index is 0.269. The first-order valence-electron chi connectivity index (χ1n) is 6.68. The number of nitrogens with two attached hydrogens (primary N) is 1. The fourth-order valence-corrected chi connectivity index (χ4v) is 3.33. The van der Waals surface area contributed by atoms with Crippen LogP contribution in [-0.2, 0) is 0 Å². The lowest BCUT2D eigenvalue weighted by molar-refractivity contribution is 0.499. The summed E-state index contributed by atoms with van der Waals surface area (Å²) in [6, 6.07) is 9.98. The summed E-state index contributed by atoms with van der Waals surface area (Å²) in [7, 11) is 0. The van der Waals surface area contributed by atoms with Crippen LogP contribution in [0.3, 0.4) is 0 Å². The Labute approximate surface area is 121 Å². The molecule has 0 aliphatic rings. The molecular weight excluding hydrogens is 270 g/mol. The molecule has 0 saturated carbocycles. The van der Waals surface area contributed by atoms with Gasteiger partial charge in [-0.15, -0.1) is 10.2 Å². The molecule has 1 unspecified atom stereocenters. The molecule has 0 aliphatic carbocycles. The standard InChI is InChI=1S/C14H17N5S/c1-9(2)11(8-15)13-18-19-12(16-17-14(19)20-13)10-6-4-3-5-7-10/h3-7,9,11H,8,15H2,1-2H3. The predicted octanol–water partition coefficient (Wildman–Crippen LogP) is 2.55. The maximum absolute atomic E-state index is 5.87. The van der Waals surface area contributed by atoms with Gasteiger partial charge in [0.05, 0.1) is 0 Å². The van der Waals surface area contributed by atoms with Gasteiger partial charge in [0.2, 0.25) is 4.96 Å². The van der Waals surface area contributed by atoms with Crippen LogP contribution in [0.1, 0.15) is 24.8 Å². The van der Waals surface area contributed by atoms with Crippen molar-refractivity contribution in [3.63, 3.8) is 0 Å². The zero-order valence-electron chi connectivity index (χ0n) is 11.5. The molecule has 2 aromatic heterocycles. The Balaban J connectivity index is 2.07. The summed E-state index contributed by atoms with van der Waals surface area (Å²) in [4.78, 5) is 0.818. The molecule has 3 rings (SSSR count). The molecule has 0 fully saturated rings. The fourth-order valence-electron chi connectivity index (χ4n) is 2.21. The summed E-state index contributed by atoms with van der Waals surface area (Å²) < 4.78 is 1.82. The van der Waals surface area contributed by atoms with Crippen molar-refractivity contribution in [3.8, 4) is 11.4 Å². The van der Waals surface area contributed by atoms with Crippen molar-refractivity contribution in [3.05, 3.63) is 35.3 Å². The molecule has 0 aliphatic heterocycles. The van der Waals surface area contributed by atoms with Gasteiger partial charge in [-0.2, -0.15) is 9.61 Å². The first kappa shape index (κ1) is 13.2. The normalized spacial score (nSPS) is 13.2. The van der Waals surface area contributed by atoms with Gasteiger partial charge in [0.25, 0.3) is 0 Å². The van der Waals surface area contributed by atoms with E-state index in [1.165, 1.54) is 0 Å². The second-order valence-corrected chi connectivity index (χ2v) is 6.10. The van der Waals surface area contributed by atoms with E-state index in [9.17, 15) is 0 Å². The summed E-state index contributed by atoms with van der Waals surface area (Å²) in [5.41, 5.74) is 6.89. The molecule has 2 heterocycles. The molecular formula is C14H17N5S. The van der Waals surface area contributed by atoms with Crippen LogP contribution in [0.4, 0.5) is 0 Å². The number of rotatable bonds is 4. The number of nitrogens with zero attached hydrogens (tertiary/aromatic N) is 4. The van der Waals surface area contributed by atoms with E-state index in [4.69, 9.17) is 5.73 Å². The minimum Gasteiger partial charge on any atom is -0.330 e. The molecule has 0 saturated heterocycles. The molecule has 0 spiro atoms. The third-order valence-electron chi connectivity index (χ3n) is 3.41. The van der Waals surface area contributed by atoms with Gasteiger partial charge in [-0.05, 0) is 5.92 Å². The van der Waals surface area contributed by atoms with Crippen molar-refractivity contribution in [2.45, 2.75) is 19.8 Å². The largest absolute Gasteiger partial charge is 0.330 e. The molecule has 3 aromatic rings. The number of fused-ring (bicyclic) bond motifs is 1. The second-order valence-electron chi connectivity index (χ2n) is 5.11. The van der Waals surface area contributed by atoms with E-state index in [0.29, 0.717) is 12.5 Å². The average molecular weight is 287 g/mol. The topological polar surface area (TPSA) is 69.1 Å². The SMILES string of the molecule is CC(C)C(CN)c1nn2c(-c3ccccc3)nnc2s1. The predicted molar refractivity (Wildman–Crippen MR) is 80.7 cm³/mol. The highest BCUT2D eigenvalue weighted by molar-refractivity contribution is 7.16. The average Bonchev–Trinajstić information content (AvgIpc) is 3.00. The third kappa shape index (κ3) is 2.21. The highest BCUT2D eigenvalue weighted by Crippen LogP contribution is 2.29. The molecule has 0 radical (unpaired) electrons. The fraction of sp³-hybridized carbons (Fsp3) is 0.357. The van der Waals surface area contributed by atoms with Crippen molar-refractivity contribution in [1.82, 2.24) is 19.8 Å². The highest BCUT2D eigenvalue weighted by atomic mass is 32.1. The zero-order chi connectivity index (χ0) is 14.1. The first-order chi connectivity index (χ1) is 9.70. The summed E-state index contributed by atoms with van der Waals surface area (Å²) >= 11 is 1.57. The molecule has 0 bridgehead atoms. The smallest absolute Gasteiger partial charge is 0.234 e. The Morgan fingerprint density at radius 1 is 1.20 bits per heavy atom. The maximum Gasteiger partial charge on any atom is 0.234 e. The summed E-state index contributed by atoms with van der Waals surface area (Å²) in [5.74, 6) is 1.51. The quantitative estimate of drug-likeness (QED) is 0.800. The lowest BCUT2D eigenvalue weighted by Gasteiger charge is -2.14. The molecule has 0 amide bonds. The minimum absolute atomic E-state index is 0.269. The van der Waals surface area contributed by atoms with Crippen LogP contribution in [0, 0.1) is 5.92 Å². The zero-order valence-corrected chi connectivity index (χ0v) is 12.3. The lowest BCUT2D eigenvalue weighted by Crippen LogP contribution is -2.17. The summed E-state index contributed by atoms with van der Waals surface area (Å²) in [6.07, 6.45) is 0. The van der Waals surface area contributed by atoms with E-state index in [1.807, 2.05) is 34.8 Å². The van der Waals surface area contributed by atoms with Gasteiger partial charge < -0.3 is 5.73 Å². The molecule has 5 nitrogen and oxygen atoms in total. The second kappa shape index (κ2) is 5.30. The van der Waals surface area contributed by atoms with E-state index >= 15 is 0 Å². The van der Waals surface area contributed by atoms with E-state index in [0.717, 1.165) is 21.4 Å². The van der Waals surface area contributed by atoms with Crippen LogP contribution >= 0.6 is 11.3 Å². The third-order valence-corrected chi connectivity index (χ3v) is 4.45. The molecule has 20 heavy (non-hydrogen) atoms. The number of hydrogen-bond acceptors (Lipinski definition) is 5. The Hall–Kier alpha value is -1.79. The van der Waals surface area contributed by atoms with Gasteiger partial charge in [0.1, 0.15) is 5.01 Å². The number of hydrogen-bond donors (Lipinski definition) is 1. The van der Waals surface area contributed by atoms with E-state index in [2.05, 4.69) is 29.1 Å². The van der Waals surface area contributed by atoms with Gasteiger partial charge >= 0.3 is 0 Å². The van der Waals surface area contributed by atoms with E-state index < -0.39 is 0 Å². The Morgan fingerprint density at radius 3 is 2.60 bits per heavy atom. The van der Waals surface area contributed by atoms with E-state index in [-0.39, 0.29) is 5.92 Å². The van der Waals surface area contributed by atoms with Crippen LogP contribution < -0.4 is 5.73 Å². The Kier molecular flexibility index (Phi) is 3.50. The monoisotopic (exact) mass is 287 g/mol. The molecule has 2 N–H and O–H groups in total. The van der Waals surface area contributed by atoms with Crippen LogP contribution in [0.15, 0.2) is 30.3 Å². The van der Waals surface area contributed by atoms with Crippen LogP contribution in [0.5, 0.6) is 0 Å². The lowest BCUT2D eigenvalue weighted by atomic mass is 9.97. The molecule has 104 valence electrons. The van der Waals surface area contributed by atoms with Crippen molar-refractivity contribution in [2.75, 3.05) is 6.54 Å². The van der Waals surface area contributed by atoms with Gasteiger partial charge in [-0.3, -0.25) is 0 Å². The van der Waals surface area contributed by atoms with Crippen molar-refractivity contribution < 1.29 is 0 Å². The van der Waals surface area contributed by atoms with Crippen molar-refractivity contribution in [2.24, 2.45) is 11.7 Å².